The van der Waals surface area contributed by atoms with E-state index in [1.807, 2.05) is 19.1 Å². The van der Waals surface area contributed by atoms with Crippen LogP contribution in [0.1, 0.15) is 37.5 Å². The first-order valence-corrected chi connectivity index (χ1v) is 6.35. The van der Waals surface area contributed by atoms with E-state index in [0.717, 1.165) is 11.1 Å². The van der Waals surface area contributed by atoms with Gasteiger partial charge < -0.3 is 14.9 Å². The molecule has 0 fully saturated rings. The zero-order valence-electron chi connectivity index (χ0n) is 12.0. The molecule has 0 unspecified atom stereocenters. The fraction of sp³-hybridized carbons (Fsp3) is 0.533. The van der Waals surface area contributed by atoms with Crippen molar-refractivity contribution in [3.63, 3.8) is 0 Å². The number of carbonyl (C=O) groups is 1. The van der Waals surface area contributed by atoms with Gasteiger partial charge in [0.1, 0.15) is 12.4 Å². The van der Waals surface area contributed by atoms with Crippen molar-refractivity contribution < 1.29 is 19.7 Å². The topological polar surface area (TPSA) is 66.8 Å². The normalized spacial score (nSPS) is 11.4. The minimum atomic E-state index is -0.449. The number of hydrogen-bond acceptors (Lipinski definition) is 4. The SMILES string of the molecule is Cc1cc(C(C)(C)C)cc(CC(=O)OCCO)c1O. The molecule has 0 aliphatic heterocycles. The number of phenolic OH excluding ortho intramolecular Hbond substituents is 1. The average Bonchev–Trinajstić information content (AvgIpc) is 2.30. The minimum Gasteiger partial charge on any atom is -0.507 e. The Bertz CT molecular complexity index is 458. The zero-order valence-corrected chi connectivity index (χ0v) is 12.0. The highest BCUT2D eigenvalue weighted by Gasteiger charge is 2.18. The van der Waals surface area contributed by atoms with E-state index in [4.69, 9.17) is 9.84 Å². The Hall–Kier alpha value is -1.55. The van der Waals surface area contributed by atoms with E-state index in [1.165, 1.54) is 0 Å². The predicted octanol–water partition coefficient (Wildman–Crippen LogP) is 2.08. The van der Waals surface area contributed by atoms with Crippen molar-refractivity contribution in [1.82, 2.24) is 0 Å². The highest BCUT2D eigenvalue weighted by Crippen LogP contribution is 2.31. The van der Waals surface area contributed by atoms with Gasteiger partial charge in [0.25, 0.3) is 0 Å². The second-order valence-corrected chi connectivity index (χ2v) is 5.67. The number of benzene rings is 1. The summed E-state index contributed by atoms with van der Waals surface area (Å²) >= 11 is 0. The molecule has 0 aliphatic carbocycles. The van der Waals surface area contributed by atoms with Crippen molar-refractivity contribution in [2.75, 3.05) is 13.2 Å². The highest BCUT2D eigenvalue weighted by atomic mass is 16.5. The molecule has 2 N–H and O–H groups in total. The van der Waals surface area contributed by atoms with Crippen LogP contribution in [0.4, 0.5) is 0 Å². The number of aromatic hydroxyl groups is 1. The van der Waals surface area contributed by atoms with Crippen molar-refractivity contribution in [2.45, 2.75) is 39.5 Å². The smallest absolute Gasteiger partial charge is 0.310 e. The van der Waals surface area contributed by atoms with Gasteiger partial charge in [0.2, 0.25) is 0 Å². The lowest BCUT2D eigenvalue weighted by Crippen LogP contribution is -2.14. The summed E-state index contributed by atoms with van der Waals surface area (Å²) in [5, 5.41) is 18.6. The first-order chi connectivity index (χ1) is 8.75. The number of aryl methyl sites for hydroxylation is 1. The van der Waals surface area contributed by atoms with Crippen molar-refractivity contribution in [3.8, 4) is 5.75 Å². The van der Waals surface area contributed by atoms with Gasteiger partial charge in [0, 0.05) is 5.56 Å². The fourth-order valence-electron chi connectivity index (χ4n) is 1.79. The van der Waals surface area contributed by atoms with Crippen LogP contribution in [0.15, 0.2) is 12.1 Å². The van der Waals surface area contributed by atoms with Gasteiger partial charge in [0.05, 0.1) is 13.0 Å². The van der Waals surface area contributed by atoms with Crippen molar-refractivity contribution in [2.24, 2.45) is 0 Å². The Labute approximate surface area is 114 Å². The van der Waals surface area contributed by atoms with Crippen LogP contribution in [0.3, 0.4) is 0 Å². The number of carbonyl (C=O) groups excluding carboxylic acids is 1. The fourth-order valence-corrected chi connectivity index (χ4v) is 1.79. The van der Waals surface area contributed by atoms with Gasteiger partial charge in [0.15, 0.2) is 0 Å². The highest BCUT2D eigenvalue weighted by molar-refractivity contribution is 5.74. The maximum Gasteiger partial charge on any atom is 0.310 e. The lowest BCUT2D eigenvalue weighted by atomic mass is 9.84. The number of hydrogen-bond donors (Lipinski definition) is 2. The van der Waals surface area contributed by atoms with E-state index in [9.17, 15) is 9.90 Å². The summed E-state index contributed by atoms with van der Waals surface area (Å²) in [5.41, 5.74) is 2.32. The molecule has 0 spiro atoms. The summed E-state index contributed by atoms with van der Waals surface area (Å²) in [4.78, 5) is 11.6. The van der Waals surface area contributed by atoms with E-state index < -0.39 is 5.97 Å². The molecule has 1 aromatic carbocycles. The molecule has 1 rings (SSSR count). The number of ether oxygens (including phenoxy) is 1. The molecule has 19 heavy (non-hydrogen) atoms. The Morgan fingerprint density at radius 1 is 1.32 bits per heavy atom. The lowest BCUT2D eigenvalue weighted by molar-refractivity contribution is -0.143. The van der Waals surface area contributed by atoms with Gasteiger partial charge in [-0.25, -0.2) is 0 Å². The molecule has 0 saturated carbocycles. The Morgan fingerprint density at radius 2 is 1.95 bits per heavy atom. The first kappa shape index (κ1) is 15.5. The minimum absolute atomic E-state index is 0.0105. The van der Waals surface area contributed by atoms with Crippen molar-refractivity contribution >= 4 is 5.97 Å². The van der Waals surface area contributed by atoms with Crippen LogP contribution >= 0.6 is 0 Å². The number of aliphatic hydroxyl groups excluding tert-OH is 1. The maximum atomic E-state index is 11.6. The second kappa shape index (κ2) is 6.06. The summed E-state index contributed by atoms with van der Waals surface area (Å²) in [6.45, 7) is 7.83. The van der Waals surface area contributed by atoms with E-state index in [0.29, 0.717) is 5.56 Å². The summed E-state index contributed by atoms with van der Waals surface area (Å²) < 4.78 is 4.82. The van der Waals surface area contributed by atoms with Crippen LogP contribution in [0.5, 0.6) is 5.75 Å². The molecule has 1 aromatic rings. The number of aliphatic hydroxyl groups is 1. The summed E-state index contributed by atoms with van der Waals surface area (Å²) in [5.74, 6) is -0.316. The van der Waals surface area contributed by atoms with Gasteiger partial charge in [-0.15, -0.1) is 0 Å². The summed E-state index contributed by atoms with van der Waals surface area (Å²) in [6, 6.07) is 3.76. The molecule has 0 amide bonds. The third kappa shape index (κ3) is 4.24. The van der Waals surface area contributed by atoms with Gasteiger partial charge in [-0.1, -0.05) is 32.9 Å². The average molecular weight is 266 g/mol. The summed E-state index contributed by atoms with van der Waals surface area (Å²) in [6.07, 6.45) is 0.0105. The van der Waals surface area contributed by atoms with Crippen LogP contribution in [0.25, 0.3) is 0 Å². The monoisotopic (exact) mass is 266 g/mol. The van der Waals surface area contributed by atoms with E-state index in [2.05, 4.69) is 20.8 Å². The molecular formula is C15H22O4. The largest absolute Gasteiger partial charge is 0.507 e. The molecule has 0 aromatic heterocycles. The maximum absolute atomic E-state index is 11.6. The Kier molecular flexibility index (Phi) is 4.95. The standard InChI is InChI=1S/C15H22O4/c1-10-7-12(15(2,3)4)8-11(14(10)18)9-13(17)19-6-5-16/h7-8,16,18H,5-6,9H2,1-4H3. The molecule has 0 bridgehead atoms. The van der Waals surface area contributed by atoms with Crippen molar-refractivity contribution in [3.05, 3.63) is 28.8 Å². The predicted molar refractivity (Wildman–Crippen MR) is 73.3 cm³/mol. The van der Waals surface area contributed by atoms with Crippen LogP contribution < -0.4 is 0 Å². The molecule has 0 saturated heterocycles. The third-order valence-corrected chi connectivity index (χ3v) is 2.93. The number of phenols is 1. The quantitative estimate of drug-likeness (QED) is 0.819. The van der Waals surface area contributed by atoms with Crippen LogP contribution in [0.2, 0.25) is 0 Å². The Balaban J connectivity index is 3.00. The van der Waals surface area contributed by atoms with Gasteiger partial charge in [-0.2, -0.15) is 0 Å². The van der Waals surface area contributed by atoms with Crippen molar-refractivity contribution in [1.29, 1.82) is 0 Å². The molecule has 106 valence electrons. The number of rotatable bonds is 4. The number of esters is 1. The second-order valence-electron chi connectivity index (χ2n) is 5.67. The zero-order chi connectivity index (χ0) is 14.6. The molecule has 4 nitrogen and oxygen atoms in total. The van der Waals surface area contributed by atoms with E-state index in [-0.39, 0.29) is 30.8 Å². The first-order valence-electron chi connectivity index (χ1n) is 6.35. The third-order valence-electron chi connectivity index (χ3n) is 2.93. The molecule has 4 heteroatoms. The van der Waals surface area contributed by atoms with Gasteiger partial charge in [-0.3, -0.25) is 4.79 Å². The molecule has 0 radical (unpaired) electrons. The Morgan fingerprint density at radius 3 is 2.47 bits per heavy atom. The summed E-state index contributed by atoms with van der Waals surface area (Å²) in [7, 11) is 0. The molecule has 0 atom stereocenters. The van der Waals surface area contributed by atoms with Crippen LogP contribution in [0, 0.1) is 6.92 Å². The van der Waals surface area contributed by atoms with Crippen LogP contribution in [-0.4, -0.2) is 29.4 Å². The van der Waals surface area contributed by atoms with Gasteiger partial charge >= 0.3 is 5.97 Å². The molecular weight excluding hydrogens is 244 g/mol. The van der Waals surface area contributed by atoms with E-state index >= 15 is 0 Å². The van der Waals surface area contributed by atoms with Gasteiger partial charge in [-0.05, 0) is 23.5 Å². The lowest BCUT2D eigenvalue weighted by Gasteiger charge is -2.21. The van der Waals surface area contributed by atoms with Crippen LogP contribution in [-0.2, 0) is 21.4 Å². The molecule has 0 heterocycles. The van der Waals surface area contributed by atoms with E-state index in [1.54, 1.807) is 0 Å². The molecule has 0 aliphatic rings.